The van der Waals surface area contributed by atoms with Crippen LogP contribution < -0.4 is 5.32 Å². The van der Waals surface area contributed by atoms with Gasteiger partial charge in [0.25, 0.3) is 11.8 Å². The highest BCUT2D eigenvalue weighted by Crippen LogP contribution is 2.16. The number of thiophene rings is 1. The number of nitrogens with one attached hydrogen (secondary N) is 1. The van der Waals surface area contributed by atoms with Gasteiger partial charge in [-0.1, -0.05) is 19.9 Å². The number of carbonyl (C=O) groups is 3. The fourth-order valence-corrected chi connectivity index (χ4v) is 4.99. The first-order chi connectivity index (χ1) is 15.2. The predicted molar refractivity (Wildman–Crippen MR) is 121 cm³/mol. The highest BCUT2D eigenvalue weighted by molar-refractivity contribution is 7.89. The lowest BCUT2D eigenvalue weighted by Crippen LogP contribution is -2.34. The molecule has 2 aromatic rings. The van der Waals surface area contributed by atoms with E-state index in [0.29, 0.717) is 19.6 Å². The number of benzene rings is 1. The first-order valence-corrected chi connectivity index (χ1v) is 12.3. The summed E-state index contributed by atoms with van der Waals surface area (Å²) in [5, 5.41) is 4.31. The van der Waals surface area contributed by atoms with E-state index >= 15 is 0 Å². The standard InChI is InChI=1S/C21H27N3O6S2/c1-4-24(5-2)32(28,29)18-10-8-16(9-11-18)21(27)22-13-20(26)30-15-19(25)23(3)14-17-7-6-12-31-17/h6-12H,4-5,13-15H2,1-3H3,(H,22,27). The van der Waals surface area contributed by atoms with Crippen molar-refractivity contribution in [1.82, 2.24) is 14.5 Å². The summed E-state index contributed by atoms with van der Waals surface area (Å²) in [6.07, 6.45) is 0. The molecule has 0 aliphatic carbocycles. The molecule has 0 atom stereocenters. The fourth-order valence-electron chi connectivity index (χ4n) is 2.77. The number of esters is 1. The van der Waals surface area contributed by atoms with Crippen LogP contribution in [-0.4, -0.2) is 68.7 Å². The minimum atomic E-state index is -3.62. The van der Waals surface area contributed by atoms with E-state index in [0.717, 1.165) is 4.88 Å². The van der Waals surface area contributed by atoms with E-state index in [4.69, 9.17) is 4.74 Å². The third-order valence-corrected chi connectivity index (χ3v) is 7.53. The lowest BCUT2D eigenvalue weighted by atomic mass is 10.2. The Morgan fingerprint density at radius 3 is 2.28 bits per heavy atom. The summed E-state index contributed by atoms with van der Waals surface area (Å²) < 4.78 is 31.2. The zero-order valence-electron chi connectivity index (χ0n) is 18.2. The molecule has 0 spiro atoms. The van der Waals surface area contributed by atoms with Crippen LogP contribution in [0.1, 0.15) is 29.1 Å². The normalized spacial score (nSPS) is 11.2. The topological polar surface area (TPSA) is 113 Å². The van der Waals surface area contributed by atoms with Gasteiger partial charge in [0.05, 0.1) is 11.4 Å². The number of amides is 2. The van der Waals surface area contributed by atoms with Gasteiger partial charge in [0, 0.05) is 30.6 Å². The Hall–Kier alpha value is -2.76. The highest BCUT2D eigenvalue weighted by Gasteiger charge is 2.22. The molecule has 0 bridgehead atoms. The molecule has 1 N–H and O–H groups in total. The Kier molecular flexibility index (Phi) is 9.36. The molecule has 0 aliphatic rings. The number of sulfonamides is 1. The predicted octanol–water partition coefficient (Wildman–Crippen LogP) is 1.71. The molecule has 11 heteroatoms. The molecule has 174 valence electrons. The highest BCUT2D eigenvalue weighted by atomic mass is 32.2. The second-order valence-corrected chi connectivity index (χ2v) is 9.76. The molecule has 0 radical (unpaired) electrons. The van der Waals surface area contributed by atoms with E-state index in [1.54, 1.807) is 20.9 Å². The molecule has 9 nitrogen and oxygen atoms in total. The first kappa shape index (κ1) is 25.5. The van der Waals surface area contributed by atoms with Gasteiger partial charge in [-0.25, -0.2) is 8.42 Å². The van der Waals surface area contributed by atoms with Gasteiger partial charge in [-0.3, -0.25) is 14.4 Å². The summed E-state index contributed by atoms with van der Waals surface area (Å²) in [5.41, 5.74) is 0.197. The van der Waals surface area contributed by atoms with Gasteiger partial charge >= 0.3 is 5.97 Å². The number of hydrogen-bond acceptors (Lipinski definition) is 7. The molecule has 0 fully saturated rings. The van der Waals surface area contributed by atoms with Gasteiger partial charge in [-0.15, -0.1) is 11.3 Å². The maximum atomic E-state index is 12.5. The van der Waals surface area contributed by atoms with E-state index < -0.39 is 35.1 Å². The Morgan fingerprint density at radius 1 is 1.06 bits per heavy atom. The molecular weight excluding hydrogens is 454 g/mol. The van der Waals surface area contributed by atoms with Crippen molar-refractivity contribution in [2.24, 2.45) is 0 Å². The van der Waals surface area contributed by atoms with Gasteiger partial charge < -0.3 is 15.0 Å². The summed E-state index contributed by atoms with van der Waals surface area (Å²) in [6.45, 7) is 3.76. The van der Waals surface area contributed by atoms with Crippen molar-refractivity contribution in [3.05, 3.63) is 52.2 Å². The van der Waals surface area contributed by atoms with Crippen molar-refractivity contribution in [3.8, 4) is 0 Å². The zero-order chi connectivity index (χ0) is 23.7. The minimum Gasteiger partial charge on any atom is -0.454 e. The monoisotopic (exact) mass is 481 g/mol. The molecule has 1 heterocycles. The van der Waals surface area contributed by atoms with Crippen molar-refractivity contribution in [2.45, 2.75) is 25.3 Å². The first-order valence-electron chi connectivity index (χ1n) is 9.99. The van der Waals surface area contributed by atoms with Crippen molar-refractivity contribution >= 4 is 39.1 Å². The van der Waals surface area contributed by atoms with Crippen molar-refractivity contribution < 1.29 is 27.5 Å². The number of hydrogen-bond donors (Lipinski definition) is 1. The van der Waals surface area contributed by atoms with Gasteiger partial charge in [-0.05, 0) is 35.7 Å². The van der Waals surface area contributed by atoms with E-state index in [1.807, 2.05) is 17.5 Å². The van der Waals surface area contributed by atoms with Gasteiger partial charge in [0.2, 0.25) is 10.0 Å². The van der Waals surface area contributed by atoms with Crippen LogP contribution in [0.3, 0.4) is 0 Å². The molecule has 1 aromatic heterocycles. The van der Waals surface area contributed by atoms with Crippen molar-refractivity contribution in [3.63, 3.8) is 0 Å². The molecular formula is C21H27N3O6S2. The third kappa shape index (κ3) is 6.87. The maximum Gasteiger partial charge on any atom is 0.325 e. The zero-order valence-corrected chi connectivity index (χ0v) is 19.9. The Labute approximate surface area is 192 Å². The van der Waals surface area contributed by atoms with Crippen LogP contribution in [0, 0.1) is 0 Å². The average Bonchev–Trinajstić information content (AvgIpc) is 3.29. The van der Waals surface area contributed by atoms with Gasteiger partial charge in [-0.2, -0.15) is 4.31 Å². The third-order valence-electron chi connectivity index (χ3n) is 4.61. The number of likely N-dealkylation sites (N-methyl/N-ethyl adjacent to an activating group) is 1. The van der Waals surface area contributed by atoms with Gasteiger partial charge in [0.15, 0.2) is 6.61 Å². The van der Waals surface area contributed by atoms with Crippen LogP contribution >= 0.6 is 11.3 Å². The summed E-state index contributed by atoms with van der Waals surface area (Å²) in [5.74, 6) is -1.67. The van der Waals surface area contributed by atoms with Gasteiger partial charge in [0.1, 0.15) is 6.54 Å². The van der Waals surface area contributed by atoms with E-state index in [-0.39, 0.29) is 16.4 Å². The van der Waals surface area contributed by atoms with Crippen molar-refractivity contribution in [1.29, 1.82) is 0 Å². The average molecular weight is 482 g/mol. The summed E-state index contributed by atoms with van der Waals surface area (Å²) in [4.78, 5) is 38.7. The van der Waals surface area contributed by atoms with Crippen LogP contribution in [0.15, 0.2) is 46.7 Å². The van der Waals surface area contributed by atoms with Crippen LogP contribution in [0.2, 0.25) is 0 Å². The largest absolute Gasteiger partial charge is 0.454 e. The second-order valence-electron chi connectivity index (χ2n) is 6.79. The Balaban J connectivity index is 1.81. The lowest BCUT2D eigenvalue weighted by Gasteiger charge is -2.18. The Bertz CT molecular complexity index is 1020. The number of nitrogens with zero attached hydrogens (tertiary/aromatic N) is 2. The quantitative estimate of drug-likeness (QED) is 0.489. The van der Waals surface area contributed by atoms with Crippen LogP contribution in [0.25, 0.3) is 0 Å². The summed E-state index contributed by atoms with van der Waals surface area (Å²) >= 11 is 1.52. The second kappa shape index (κ2) is 11.7. The minimum absolute atomic E-state index is 0.0855. The molecule has 2 rings (SSSR count). The van der Waals surface area contributed by atoms with Crippen LogP contribution in [0.5, 0.6) is 0 Å². The maximum absolute atomic E-state index is 12.5. The van der Waals surface area contributed by atoms with Crippen LogP contribution in [-0.2, 0) is 30.9 Å². The fraction of sp³-hybridized carbons (Fsp3) is 0.381. The molecule has 0 aliphatic heterocycles. The van der Waals surface area contributed by atoms with Crippen LogP contribution in [0.4, 0.5) is 0 Å². The summed E-state index contributed by atoms with van der Waals surface area (Å²) in [7, 11) is -2.00. The molecule has 0 unspecified atom stereocenters. The lowest BCUT2D eigenvalue weighted by molar-refractivity contribution is -0.150. The molecule has 0 saturated carbocycles. The molecule has 1 aromatic carbocycles. The van der Waals surface area contributed by atoms with E-state index in [9.17, 15) is 22.8 Å². The molecule has 0 saturated heterocycles. The number of carbonyl (C=O) groups excluding carboxylic acids is 3. The Morgan fingerprint density at radius 2 is 1.72 bits per heavy atom. The number of rotatable bonds is 11. The molecule has 2 amide bonds. The molecule has 32 heavy (non-hydrogen) atoms. The smallest absolute Gasteiger partial charge is 0.325 e. The van der Waals surface area contributed by atoms with Crippen molar-refractivity contribution in [2.75, 3.05) is 33.3 Å². The number of ether oxygens (including phenoxy) is 1. The SMILES string of the molecule is CCN(CC)S(=O)(=O)c1ccc(C(=O)NCC(=O)OCC(=O)N(C)Cc2cccs2)cc1. The summed E-state index contributed by atoms with van der Waals surface area (Å²) in [6, 6.07) is 9.24. The van der Waals surface area contributed by atoms with E-state index in [2.05, 4.69) is 5.32 Å². The van der Waals surface area contributed by atoms with E-state index in [1.165, 1.54) is 44.8 Å².